The van der Waals surface area contributed by atoms with Crippen molar-refractivity contribution in [2.24, 2.45) is 0 Å². The number of ether oxygens (including phenoxy) is 1. The maximum absolute atomic E-state index is 13.4. The number of para-hydroxylation sites is 1. The van der Waals surface area contributed by atoms with Crippen LogP contribution in [0.4, 0.5) is 5.13 Å². The maximum atomic E-state index is 13.4. The second-order valence-electron chi connectivity index (χ2n) is 6.47. The van der Waals surface area contributed by atoms with Gasteiger partial charge >= 0.3 is 0 Å². The first-order valence-corrected chi connectivity index (χ1v) is 9.95. The van der Waals surface area contributed by atoms with Gasteiger partial charge in [0.25, 0.3) is 5.91 Å². The van der Waals surface area contributed by atoms with Gasteiger partial charge in [0, 0.05) is 0 Å². The second-order valence-corrected chi connectivity index (χ2v) is 7.29. The normalized spacial score (nSPS) is 15.7. The Morgan fingerprint density at radius 3 is 2.83 bits per heavy atom. The van der Waals surface area contributed by atoms with Crippen molar-refractivity contribution < 1.29 is 13.9 Å². The summed E-state index contributed by atoms with van der Waals surface area (Å²) in [7, 11) is 0. The quantitative estimate of drug-likeness (QED) is 0.513. The average Bonchev–Trinajstić information content (AvgIpc) is 3.36. The van der Waals surface area contributed by atoms with Crippen molar-refractivity contribution in [2.45, 2.75) is 13.0 Å². The molecule has 0 fully saturated rings. The molecule has 0 radical (unpaired) electrons. The van der Waals surface area contributed by atoms with Gasteiger partial charge in [-0.1, -0.05) is 35.6 Å². The van der Waals surface area contributed by atoms with Crippen LogP contribution in [0.2, 0.25) is 0 Å². The molecule has 144 valence electrons. The van der Waals surface area contributed by atoms with Crippen LogP contribution in [-0.2, 0) is 0 Å². The minimum absolute atomic E-state index is 0.0377. The summed E-state index contributed by atoms with van der Waals surface area (Å²) >= 11 is 1.23. The van der Waals surface area contributed by atoms with Crippen molar-refractivity contribution in [3.05, 3.63) is 81.2 Å². The average molecular weight is 405 g/mol. The van der Waals surface area contributed by atoms with Gasteiger partial charge in [0.1, 0.15) is 16.8 Å². The predicted molar refractivity (Wildman–Crippen MR) is 109 cm³/mol. The minimum atomic E-state index is -0.674. The molecule has 1 aliphatic rings. The molecular formula is C21H15N3O4S. The minimum Gasteiger partial charge on any atom is -0.494 e. The van der Waals surface area contributed by atoms with Gasteiger partial charge in [-0.3, -0.25) is 14.5 Å². The van der Waals surface area contributed by atoms with E-state index in [9.17, 15) is 9.59 Å². The Hall–Kier alpha value is -3.52. The van der Waals surface area contributed by atoms with Crippen LogP contribution >= 0.6 is 11.3 Å². The molecule has 1 amide bonds. The zero-order valence-corrected chi connectivity index (χ0v) is 16.2. The van der Waals surface area contributed by atoms with E-state index >= 15 is 0 Å². The van der Waals surface area contributed by atoms with Gasteiger partial charge in [0.15, 0.2) is 5.43 Å². The van der Waals surface area contributed by atoms with E-state index in [1.54, 1.807) is 29.8 Å². The molecule has 0 unspecified atom stereocenters. The number of anilines is 1. The van der Waals surface area contributed by atoms with E-state index in [1.807, 2.05) is 31.2 Å². The number of fused-ring (bicyclic) bond motifs is 2. The van der Waals surface area contributed by atoms with Crippen molar-refractivity contribution in [2.75, 3.05) is 11.5 Å². The molecule has 7 nitrogen and oxygen atoms in total. The fraction of sp³-hybridized carbons (Fsp3) is 0.143. The Kier molecular flexibility index (Phi) is 4.13. The molecule has 0 bridgehead atoms. The molecule has 0 spiro atoms. The Labute approximate surface area is 169 Å². The molecule has 2 aromatic carbocycles. The van der Waals surface area contributed by atoms with Crippen molar-refractivity contribution >= 4 is 33.3 Å². The van der Waals surface area contributed by atoms with Gasteiger partial charge in [-0.2, -0.15) is 0 Å². The topological polar surface area (TPSA) is 85.5 Å². The summed E-state index contributed by atoms with van der Waals surface area (Å²) in [6, 6.07) is 13.6. The van der Waals surface area contributed by atoms with Gasteiger partial charge in [0.2, 0.25) is 10.9 Å². The number of carbonyl (C=O) groups is 1. The van der Waals surface area contributed by atoms with E-state index < -0.39 is 11.9 Å². The van der Waals surface area contributed by atoms with Crippen LogP contribution in [-0.4, -0.2) is 22.7 Å². The first-order chi connectivity index (χ1) is 14.2. The Bertz CT molecular complexity index is 1280. The van der Waals surface area contributed by atoms with Gasteiger partial charge in [-0.15, -0.1) is 10.2 Å². The van der Waals surface area contributed by atoms with Crippen molar-refractivity contribution in [1.29, 1.82) is 0 Å². The summed E-state index contributed by atoms with van der Waals surface area (Å²) in [5, 5.41) is 8.76. The Balaban J connectivity index is 1.79. The highest BCUT2D eigenvalue weighted by atomic mass is 32.1. The zero-order chi connectivity index (χ0) is 20.0. The van der Waals surface area contributed by atoms with E-state index in [-0.39, 0.29) is 11.2 Å². The van der Waals surface area contributed by atoms with Gasteiger partial charge in [-0.25, -0.2) is 0 Å². The van der Waals surface area contributed by atoms with Crippen LogP contribution < -0.4 is 15.1 Å². The van der Waals surface area contributed by atoms with E-state index in [0.29, 0.717) is 34.0 Å². The zero-order valence-electron chi connectivity index (χ0n) is 15.4. The van der Waals surface area contributed by atoms with Crippen molar-refractivity contribution in [3.8, 4) is 5.75 Å². The molecule has 8 heteroatoms. The lowest BCUT2D eigenvalue weighted by Gasteiger charge is -2.22. The molecule has 1 atom stereocenters. The highest BCUT2D eigenvalue weighted by molar-refractivity contribution is 7.13. The van der Waals surface area contributed by atoms with Crippen LogP contribution in [0.1, 0.15) is 34.6 Å². The SMILES string of the molecule is CCOc1cccc([C@@H]2c3c(oc4ccccc4c3=O)C(=O)N2c2nncs2)c1. The van der Waals surface area contributed by atoms with Crippen LogP contribution in [0.25, 0.3) is 11.0 Å². The van der Waals surface area contributed by atoms with E-state index in [0.717, 1.165) is 5.56 Å². The summed E-state index contributed by atoms with van der Waals surface area (Å²) in [6.07, 6.45) is 0. The fourth-order valence-electron chi connectivity index (χ4n) is 3.65. The van der Waals surface area contributed by atoms with Crippen LogP contribution in [0.5, 0.6) is 5.75 Å². The fourth-order valence-corrected chi connectivity index (χ4v) is 4.23. The van der Waals surface area contributed by atoms with E-state index in [4.69, 9.17) is 9.15 Å². The molecule has 1 aliphatic heterocycles. The molecule has 3 heterocycles. The molecule has 29 heavy (non-hydrogen) atoms. The predicted octanol–water partition coefficient (Wildman–Crippen LogP) is 3.79. The standard InChI is InChI=1S/C21H15N3O4S/c1-2-27-13-7-5-6-12(10-13)17-16-18(25)14-8-3-4-9-15(14)28-19(16)20(26)24(17)21-23-22-11-29-21/h3-11,17H,2H2,1H3/t17-/m1/s1. The highest BCUT2D eigenvalue weighted by Crippen LogP contribution is 2.42. The summed E-state index contributed by atoms with van der Waals surface area (Å²) < 4.78 is 11.5. The third-order valence-electron chi connectivity index (χ3n) is 4.82. The van der Waals surface area contributed by atoms with Crippen LogP contribution in [0.15, 0.2) is 63.3 Å². The maximum Gasteiger partial charge on any atom is 0.297 e. The van der Waals surface area contributed by atoms with Crippen LogP contribution in [0, 0.1) is 0 Å². The first-order valence-electron chi connectivity index (χ1n) is 9.07. The molecule has 0 saturated heterocycles. The van der Waals surface area contributed by atoms with Crippen molar-refractivity contribution in [1.82, 2.24) is 10.2 Å². The van der Waals surface area contributed by atoms with E-state index in [2.05, 4.69) is 10.2 Å². The number of nitrogens with zero attached hydrogens (tertiary/aromatic N) is 3. The first kappa shape index (κ1) is 17.6. The van der Waals surface area contributed by atoms with Gasteiger partial charge in [-0.05, 0) is 36.8 Å². The highest BCUT2D eigenvalue weighted by Gasteiger charge is 2.45. The molecular weight excluding hydrogens is 390 g/mol. The number of rotatable bonds is 4. The summed E-state index contributed by atoms with van der Waals surface area (Å²) in [5.74, 6) is 0.287. The van der Waals surface area contributed by atoms with Gasteiger partial charge < -0.3 is 9.15 Å². The van der Waals surface area contributed by atoms with Gasteiger partial charge in [0.05, 0.1) is 23.6 Å². The summed E-state index contributed by atoms with van der Waals surface area (Å²) in [5.41, 5.74) is 2.74. The lowest BCUT2D eigenvalue weighted by atomic mass is 9.98. The Morgan fingerprint density at radius 2 is 2.03 bits per heavy atom. The number of benzene rings is 2. The smallest absolute Gasteiger partial charge is 0.297 e. The number of amides is 1. The third kappa shape index (κ3) is 2.72. The molecule has 0 saturated carbocycles. The molecule has 2 aromatic heterocycles. The second kappa shape index (κ2) is 6.82. The van der Waals surface area contributed by atoms with Crippen LogP contribution in [0.3, 0.4) is 0 Å². The molecule has 0 N–H and O–H groups in total. The lowest BCUT2D eigenvalue weighted by molar-refractivity contribution is 0.0970. The molecule has 5 rings (SSSR count). The monoisotopic (exact) mass is 405 g/mol. The van der Waals surface area contributed by atoms with Crippen molar-refractivity contribution in [3.63, 3.8) is 0 Å². The number of aromatic nitrogens is 2. The van der Waals surface area contributed by atoms with E-state index in [1.165, 1.54) is 16.2 Å². The number of hydrogen-bond donors (Lipinski definition) is 0. The summed E-state index contributed by atoms with van der Waals surface area (Å²) in [6.45, 7) is 2.41. The summed E-state index contributed by atoms with van der Waals surface area (Å²) in [4.78, 5) is 28.1. The number of carbonyl (C=O) groups excluding carboxylic acids is 1. The molecule has 4 aromatic rings. The number of hydrogen-bond acceptors (Lipinski definition) is 7. The largest absolute Gasteiger partial charge is 0.494 e. The third-order valence-corrected chi connectivity index (χ3v) is 5.51. The molecule has 0 aliphatic carbocycles. The lowest BCUT2D eigenvalue weighted by Crippen LogP contribution is -2.29. The Morgan fingerprint density at radius 1 is 1.17 bits per heavy atom.